The van der Waals surface area contributed by atoms with E-state index in [1.807, 2.05) is 6.92 Å². The molecule has 1 aliphatic carbocycles. The smallest absolute Gasteiger partial charge is 0.243 e. The van der Waals surface area contributed by atoms with Gasteiger partial charge in [0.05, 0.1) is 12.2 Å². The molecule has 2 N–H and O–H groups in total. The fraction of sp³-hybridized carbons (Fsp3) is 0.500. The maximum atomic E-state index is 13.9. The molecule has 1 aromatic carbocycles. The minimum atomic E-state index is -4.03. The highest BCUT2D eigenvalue weighted by atomic mass is 32.2. The molecule has 1 fully saturated rings. The van der Waals surface area contributed by atoms with Gasteiger partial charge < -0.3 is 5.11 Å². The summed E-state index contributed by atoms with van der Waals surface area (Å²) in [4.78, 5) is -0.627. The van der Waals surface area contributed by atoms with Crippen LogP contribution in [0.15, 0.2) is 17.0 Å². The first-order valence-corrected chi connectivity index (χ1v) is 7.43. The lowest BCUT2D eigenvalue weighted by atomic mass is 9.83. The Morgan fingerprint density at radius 2 is 2.00 bits per heavy atom. The summed E-state index contributed by atoms with van der Waals surface area (Å²) in [5.41, 5.74) is -0.634. The van der Waals surface area contributed by atoms with E-state index in [0.29, 0.717) is 18.8 Å². The van der Waals surface area contributed by atoms with Crippen LogP contribution in [0.4, 0.5) is 8.78 Å². The zero-order valence-corrected chi connectivity index (χ0v) is 11.2. The Labute approximate surface area is 110 Å². The molecule has 106 valence electrons. The van der Waals surface area contributed by atoms with Crippen molar-refractivity contribution in [3.63, 3.8) is 0 Å². The summed E-state index contributed by atoms with van der Waals surface area (Å²) in [5.74, 6) is -1.75. The Morgan fingerprint density at radius 1 is 1.37 bits per heavy atom. The summed E-state index contributed by atoms with van der Waals surface area (Å²) < 4.78 is 53.4. The Bertz CT molecular complexity index is 583. The molecule has 0 bridgehead atoms. The van der Waals surface area contributed by atoms with Gasteiger partial charge in [0, 0.05) is 6.04 Å². The lowest BCUT2D eigenvalue weighted by Gasteiger charge is -2.32. The molecule has 0 spiro atoms. The second-order valence-corrected chi connectivity index (χ2v) is 6.57. The van der Waals surface area contributed by atoms with Gasteiger partial charge in [-0.1, -0.05) is 6.92 Å². The van der Waals surface area contributed by atoms with E-state index in [9.17, 15) is 17.2 Å². The fourth-order valence-electron chi connectivity index (χ4n) is 2.21. The van der Waals surface area contributed by atoms with Gasteiger partial charge in [0.25, 0.3) is 0 Å². The number of aliphatic hydroxyl groups is 1. The van der Waals surface area contributed by atoms with Crippen LogP contribution in [-0.4, -0.2) is 19.6 Å². The normalized spacial score (nSPS) is 23.2. The average Bonchev–Trinajstić information content (AvgIpc) is 2.26. The van der Waals surface area contributed by atoms with Crippen molar-refractivity contribution in [1.29, 1.82) is 0 Å². The summed E-state index contributed by atoms with van der Waals surface area (Å²) in [7, 11) is -4.03. The minimum absolute atomic E-state index is 0.206. The van der Waals surface area contributed by atoms with Gasteiger partial charge in [0.2, 0.25) is 10.0 Å². The van der Waals surface area contributed by atoms with E-state index in [4.69, 9.17) is 5.11 Å². The van der Waals surface area contributed by atoms with E-state index in [-0.39, 0.29) is 6.04 Å². The Hall–Kier alpha value is -1.05. The van der Waals surface area contributed by atoms with Gasteiger partial charge >= 0.3 is 0 Å². The number of halogens is 2. The molecule has 1 aromatic rings. The summed E-state index contributed by atoms with van der Waals surface area (Å²) in [6, 6.07) is 1.50. The van der Waals surface area contributed by atoms with Crippen molar-refractivity contribution in [2.24, 2.45) is 5.92 Å². The number of hydrogen-bond donors (Lipinski definition) is 2. The summed E-state index contributed by atoms with van der Waals surface area (Å²) in [5, 5.41) is 8.87. The zero-order chi connectivity index (χ0) is 14.2. The Morgan fingerprint density at radius 3 is 2.53 bits per heavy atom. The van der Waals surface area contributed by atoms with E-state index < -0.39 is 38.7 Å². The first kappa shape index (κ1) is 14.4. The van der Waals surface area contributed by atoms with Gasteiger partial charge in [-0.2, -0.15) is 0 Å². The average molecular weight is 291 g/mol. The van der Waals surface area contributed by atoms with Gasteiger partial charge in [-0.05, 0) is 30.9 Å². The van der Waals surface area contributed by atoms with Crippen LogP contribution in [0.25, 0.3) is 0 Å². The first-order valence-electron chi connectivity index (χ1n) is 5.95. The second-order valence-electron chi connectivity index (χ2n) is 4.89. The van der Waals surface area contributed by atoms with Crippen molar-refractivity contribution >= 4 is 10.0 Å². The van der Waals surface area contributed by atoms with Gasteiger partial charge in [-0.15, -0.1) is 0 Å². The number of rotatable bonds is 4. The van der Waals surface area contributed by atoms with Crippen LogP contribution in [0.5, 0.6) is 0 Å². The molecule has 0 aromatic heterocycles. The van der Waals surface area contributed by atoms with Crippen molar-refractivity contribution in [2.75, 3.05) is 0 Å². The lowest BCUT2D eigenvalue weighted by Crippen LogP contribution is -2.43. The van der Waals surface area contributed by atoms with Crippen LogP contribution >= 0.6 is 0 Å². The van der Waals surface area contributed by atoms with Gasteiger partial charge in [0.1, 0.15) is 10.7 Å². The van der Waals surface area contributed by atoms with Gasteiger partial charge in [-0.25, -0.2) is 21.9 Å². The van der Waals surface area contributed by atoms with Crippen LogP contribution in [-0.2, 0) is 16.6 Å². The number of benzene rings is 1. The standard InChI is InChI=1S/C12H15F2NO3S/c1-7-4-8(5-7)15-19(17,18)11-3-2-10(13)9(6-16)12(11)14/h2-3,7-8,15-16H,4-6H2,1H3. The fourth-order valence-corrected chi connectivity index (χ4v) is 3.57. The molecule has 19 heavy (non-hydrogen) atoms. The molecule has 2 rings (SSSR count). The molecule has 1 saturated carbocycles. The lowest BCUT2D eigenvalue weighted by molar-refractivity contribution is 0.266. The van der Waals surface area contributed by atoms with E-state index in [0.717, 1.165) is 12.1 Å². The molecule has 7 heteroatoms. The highest BCUT2D eigenvalue weighted by molar-refractivity contribution is 7.89. The molecule has 0 heterocycles. The molecule has 0 unspecified atom stereocenters. The van der Waals surface area contributed by atoms with E-state index >= 15 is 0 Å². The maximum absolute atomic E-state index is 13.9. The Balaban J connectivity index is 2.30. The largest absolute Gasteiger partial charge is 0.391 e. The predicted octanol–water partition coefficient (Wildman–Crippen LogP) is 1.53. The molecule has 0 amide bonds. The van der Waals surface area contributed by atoms with Crippen LogP contribution < -0.4 is 4.72 Å². The van der Waals surface area contributed by atoms with Crippen LogP contribution in [0.3, 0.4) is 0 Å². The molecule has 0 radical (unpaired) electrons. The van der Waals surface area contributed by atoms with E-state index in [2.05, 4.69) is 4.72 Å². The quantitative estimate of drug-likeness (QED) is 0.884. The van der Waals surface area contributed by atoms with Crippen molar-refractivity contribution < 1.29 is 22.3 Å². The number of sulfonamides is 1. The number of aliphatic hydroxyl groups excluding tert-OH is 1. The van der Waals surface area contributed by atoms with Crippen molar-refractivity contribution in [3.8, 4) is 0 Å². The molecule has 0 aliphatic heterocycles. The number of nitrogens with one attached hydrogen (secondary N) is 1. The third kappa shape index (κ3) is 2.77. The predicted molar refractivity (Wildman–Crippen MR) is 64.8 cm³/mol. The first-order chi connectivity index (χ1) is 8.85. The number of hydrogen-bond acceptors (Lipinski definition) is 3. The molecule has 0 atom stereocenters. The van der Waals surface area contributed by atoms with Crippen molar-refractivity contribution in [2.45, 2.75) is 37.3 Å². The van der Waals surface area contributed by atoms with Crippen molar-refractivity contribution in [3.05, 3.63) is 29.3 Å². The minimum Gasteiger partial charge on any atom is -0.391 e. The van der Waals surface area contributed by atoms with Crippen molar-refractivity contribution in [1.82, 2.24) is 4.72 Å². The van der Waals surface area contributed by atoms with Crippen LogP contribution in [0, 0.1) is 17.6 Å². The van der Waals surface area contributed by atoms with Crippen LogP contribution in [0.2, 0.25) is 0 Å². The van der Waals surface area contributed by atoms with Gasteiger partial charge in [0.15, 0.2) is 5.82 Å². The molecule has 4 nitrogen and oxygen atoms in total. The highest BCUT2D eigenvalue weighted by Crippen LogP contribution is 2.29. The van der Waals surface area contributed by atoms with E-state index in [1.165, 1.54) is 0 Å². The third-order valence-corrected chi connectivity index (χ3v) is 4.83. The highest BCUT2D eigenvalue weighted by Gasteiger charge is 2.31. The van der Waals surface area contributed by atoms with Crippen LogP contribution in [0.1, 0.15) is 25.3 Å². The SMILES string of the molecule is CC1CC(NS(=O)(=O)c2ccc(F)c(CO)c2F)C1. The van der Waals surface area contributed by atoms with E-state index in [1.54, 1.807) is 0 Å². The summed E-state index contributed by atoms with van der Waals surface area (Å²) in [6.07, 6.45) is 1.41. The second kappa shape index (κ2) is 5.15. The summed E-state index contributed by atoms with van der Waals surface area (Å²) >= 11 is 0. The molecular formula is C12H15F2NO3S. The monoisotopic (exact) mass is 291 g/mol. The Kier molecular flexibility index (Phi) is 3.89. The zero-order valence-electron chi connectivity index (χ0n) is 10.4. The topological polar surface area (TPSA) is 66.4 Å². The summed E-state index contributed by atoms with van der Waals surface area (Å²) in [6.45, 7) is 1.11. The third-order valence-electron chi connectivity index (χ3n) is 3.29. The molecule has 0 saturated heterocycles. The molecular weight excluding hydrogens is 276 g/mol. The van der Waals surface area contributed by atoms with Gasteiger partial charge in [-0.3, -0.25) is 0 Å². The maximum Gasteiger partial charge on any atom is 0.243 e. The molecule has 1 aliphatic rings.